The van der Waals surface area contributed by atoms with Crippen molar-refractivity contribution in [1.29, 1.82) is 0 Å². The molecule has 21 heavy (non-hydrogen) atoms. The van der Waals surface area contributed by atoms with Gasteiger partial charge in [-0.3, -0.25) is 4.79 Å². The molecule has 0 amide bonds. The van der Waals surface area contributed by atoms with E-state index in [9.17, 15) is 13.2 Å². The van der Waals surface area contributed by atoms with Crippen LogP contribution in [-0.4, -0.2) is 44.6 Å². The summed E-state index contributed by atoms with van der Waals surface area (Å²) in [6.07, 6.45) is 1.88. The maximum atomic E-state index is 12.4. The van der Waals surface area contributed by atoms with E-state index in [0.29, 0.717) is 25.8 Å². The van der Waals surface area contributed by atoms with Gasteiger partial charge in [0.2, 0.25) is 10.0 Å². The Bertz CT molecular complexity index is 571. The van der Waals surface area contributed by atoms with E-state index >= 15 is 0 Å². The zero-order chi connectivity index (χ0) is 15.3. The molecular formula is C15H21NO4S. The van der Waals surface area contributed by atoms with E-state index in [2.05, 4.69) is 0 Å². The van der Waals surface area contributed by atoms with Gasteiger partial charge in [0.15, 0.2) is 0 Å². The molecule has 1 aliphatic heterocycles. The SMILES string of the molecule is COC(=O)[C@H]1CCCN(S(=O)(=O)CCc2ccccc2)C1. The molecule has 1 atom stereocenters. The van der Waals surface area contributed by atoms with Gasteiger partial charge >= 0.3 is 5.97 Å². The number of sulfonamides is 1. The van der Waals surface area contributed by atoms with Crippen molar-refractivity contribution >= 4 is 16.0 Å². The minimum absolute atomic E-state index is 0.0743. The number of nitrogens with zero attached hydrogens (tertiary/aromatic N) is 1. The van der Waals surface area contributed by atoms with Gasteiger partial charge in [0.25, 0.3) is 0 Å². The van der Waals surface area contributed by atoms with E-state index in [4.69, 9.17) is 4.74 Å². The van der Waals surface area contributed by atoms with Crippen molar-refractivity contribution in [1.82, 2.24) is 4.31 Å². The quantitative estimate of drug-likeness (QED) is 0.772. The molecule has 5 nitrogen and oxygen atoms in total. The van der Waals surface area contributed by atoms with Gasteiger partial charge < -0.3 is 4.74 Å². The molecule has 1 fully saturated rings. The molecule has 1 saturated heterocycles. The fourth-order valence-electron chi connectivity index (χ4n) is 2.57. The van der Waals surface area contributed by atoms with E-state index in [1.807, 2.05) is 30.3 Å². The molecule has 0 radical (unpaired) electrons. The summed E-state index contributed by atoms with van der Waals surface area (Å²) in [4.78, 5) is 11.6. The molecule has 0 spiro atoms. The van der Waals surface area contributed by atoms with Crippen LogP contribution >= 0.6 is 0 Å². The van der Waals surface area contributed by atoms with Crippen LogP contribution in [0.15, 0.2) is 30.3 Å². The number of piperidine rings is 1. The lowest BCUT2D eigenvalue weighted by Crippen LogP contribution is -2.43. The Morgan fingerprint density at radius 3 is 2.71 bits per heavy atom. The number of ether oxygens (including phenoxy) is 1. The van der Waals surface area contributed by atoms with E-state index in [-0.39, 0.29) is 24.2 Å². The monoisotopic (exact) mass is 311 g/mol. The topological polar surface area (TPSA) is 63.7 Å². The fraction of sp³-hybridized carbons (Fsp3) is 0.533. The predicted octanol–water partition coefficient (Wildman–Crippen LogP) is 1.44. The minimum atomic E-state index is -3.33. The summed E-state index contributed by atoms with van der Waals surface area (Å²) >= 11 is 0. The summed E-state index contributed by atoms with van der Waals surface area (Å²) in [6.45, 7) is 0.731. The van der Waals surface area contributed by atoms with Crippen LogP contribution in [0.25, 0.3) is 0 Å². The number of carbonyl (C=O) groups excluding carboxylic acids is 1. The summed E-state index contributed by atoms with van der Waals surface area (Å²) in [6, 6.07) is 9.54. The number of rotatable bonds is 5. The molecule has 0 bridgehead atoms. The van der Waals surface area contributed by atoms with Crippen molar-refractivity contribution in [3.05, 3.63) is 35.9 Å². The highest BCUT2D eigenvalue weighted by Gasteiger charge is 2.32. The molecule has 0 N–H and O–H groups in total. The summed E-state index contributed by atoms with van der Waals surface area (Å²) in [5, 5.41) is 0. The average molecular weight is 311 g/mol. The van der Waals surface area contributed by atoms with Gasteiger partial charge in [0.05, 0.1) is 18.8 Å². The molecule has 0 aromatic heterocycles. The first-order valence-electron chi connectivity index (χ1n) is 7.12. The van der Waals surface area contributed by atoms with Gasteiger partial charge in [-0.1, -0.05) is 30.3 Å². The van der Waals surface area contributed by atoms with Crippen molar-refractivity contribution in [3.63, 3.8) is 0 Å². The molecule has 1 aromatic rings. The lowest BCUT2D eigenvalue weighted by atomic mass is 10.0. The van der Waals surface area contributed by atoms with Crippen LogP contribution < -0.4 is 0 Å². The van der Waals surface area contributed by atoms with Crippen molar-refractivity contribution in [2.24, 2.45) is 5.92 Å². The molecular weight excluding hydrogens is 290 g/mol. The summed E-state index contributed by atoms with van der Waals surface area (Å²) < 4.78 is 30.9. The Labute approximate surface area is 126 Å². The van der Waals surface area contributed by atoms with Crippen LogP contribution in [0.5, 0.6) is 0 Å². The molecule has 1 aromatic carbocycles. The zero-order valence-electron chi connectivity index (χ0n) is 12.2. The first-order chi connectivity index (χ1) is 10.0. The lowest BCUT2D eigenvalue weighted by molar-refractivity contribution is -0.146. The van der Waals surface area contributed by atoms with E-state index in [1.54, 1.807) is 0 Å². The Morgan fingerprint density at radius 2 is 2.05 bits per heavy atom. The van der Waals surface area contributed by atoms with Crippen molar-refractivity contribution in [3.8, 4) is 0 Å². The number of hydrogen-bond donors (Lipinski definition) is 0. The summed E-state index contributed by atoms with van der Waals surface area (Å²) in [5.41, 5.74) is 1.00. The maximum absolute atomic E-state index is 12.4. The fourth-order valence-corrected chi connectivity index (χ4v) is 4.14. The van der Waals surface area contributed by atoms with E-state index < -0.39 is 10.0 Å². The third-order valence-electron chi connectivity index (χ3n) is 3.80. The Morgan fingerprint density at radius 1 is 1.33 bits per heavy atom. The standard InChI is InChI=1S/C15H21NO4S/c1-20-15(17)14-8-5-10-16(12-14)21(18,19)11-9-13-6-3-2-4-7-13/h2-4,6-7,14H,5,8-12H2,1H3/t14-/m0/s1. The maximum Gasteiger partial charge on any atom is 0.309 e. The Kier molecular flexibility index (Phi) is 5.36. The Hall–Kier alpha value is -1.40. The first kappa shape index (κ1) is 16.0. The third kappa shape index (κ3) is 4.28. The largest absolute Gasteiger partial charge is 0.469 e. The molecule has 0 saturated carbocycles. The number of esters is 1. The molecule has 2 rings (SSSR count). The van der Waals surface area contributed by atoms with E-state index in [1.165, 1.54) is 11.4 Å². The van der Waals surface area contributed by atoms with Gasteiger partial charge in [-0.25, -0.2) is 12.7 Å². The van der Waals surface area contributed by atoms with Crippen LogP contribution in [0.1, 0.15) is 18.4 Å². The molecule has 1 heterocycles. The normalized spacial score (nSPS) is 20.1. The molecule has 1 aliphatic rings. The zero-order valence-corrected chi connectivity index (χ0v) is 13.0. The number of benzene rings is 1. The second-order valence-electron chi connectivity index (χ2n) is 5.27. The summed E-state index contributed by atoms with van der Waals surface area (Å²) in [5.74, 6) is -0.585. The minimum Gasteiger partial charge on any atom is -0.469 e. The highest BCUT2D eigenvalue weighted by molar-refractivity contribution is 7.89. The van der Waals surface area contributed by atoms with Gasteiger partial charge in [-0.05, 0) is 24.8 Å². The van der Waals surface area contributed by atoms with Crippen LogP contribution in [0, 0.1) is 5.92 Å². The first-order valence-corrected chi connectivity index (χ1v) is 8.73. The second-order valence-corrected chi connectivity index (χ2v) is 7.36. The number of carbonyl (C=O) groups is 1. The van der Waals surface area contributed by atoms with Crippen LogP contribution in [-0.2, 0) is 26.0 Å². The van der Waals surface area contributed by atoms with E-state index in [0.717, 1.165) is 5.56 Å². The second kappa shape index (κ2) is 7.04. The number of methoxy groups -OCH3 is 1. The predicted molar refractivity (Wildman–Crippen MR) is 80.2 cm³/mol. The molecule has 116 valence electrons. The van der Waals surface area contributed by atoms with Gasteiger partial charge in [-0.15, -0.1) is 0 Å². The van der Waals surface area contributed by atoms with Crippen LogP contribution in [0.3, 0.4) is 0 Å². The highest BCUT2D eigenvalue weighted by Crippen LogP contribution is 2.21. The molecule has 0 unspecified atom stereocenters. The number of aryl methyl sites for hydroxylation is 1. The molecule has 0 aliphatic carbocycles. The Balaban J connectivity index is 1.97. The van der Waals surface area contributed by atoms with Gasteiger partial charge in [0, 0.05) is 13.1 Å². The summed E-state index contributed by atoms with van der Waals surface area (Å²) in [7, 11) is -1.99. The molecule has 6 heteroatoms. The lowest BCUT2D eigenvalue weighted by Gasteiger charge is -2.30. The highest BCUT2D eigenvalue weighted by atomic mass is 32.2. The smallest absolute Gasteiger partial charge is 0.309 e. The van der Waals surface area contributed by atoms with Crippen LogP contribution in [0.2, 0.25) is 0 Å². The van der Waals surface area contributed by atoms with Crippen molar-refractivity contribution < 1.29 is 17.9 Å². The van der Waals surface area contributed by atoms with Gasteiger partial charge in [-0.2, -0.15) is 0 Å². The third-order valence-corrected chi connectivity index (χ3v) is 5.64. The van der Waals surface area contributed by atoms with Crippen LogP contribution in [0.4, 0.5) is 0 Å². The van der Waals surface area contributed by atoms with Gasteiger partial charge in [0.1, 0.15) is 0 Å². The average Bonchev–Trinajstić information content (AvgIpc) is 2.53. The van der Waals surface area contributed by atoms with Crippen molar-refractivity contribution in [2.75, 3.05) is 26.0 Å². The van der Waals surface area contributed by atoms with Crippen molar-refractivity contribution in [2.45, 2.75) is 19.3 Å². The number of hydrogen-bond acceptors (Lipinski definition) is 4.